The lowest BCUT2D eigenvalue weighted by molar-refractivity contribution is -0.114. The number of hydrogen-bond donors (Lipinski definition) is 3. The third-order valence-electron chi connectivity index (χ3n) is 3.83. The molecular weight excluding hydrogens is 344 g/mol. The van der Waals surface area contributed by atoms with Crippen molar-refractivity contribution < 1.29 is 9.59 Å². The molecule has 8 nitrogen and oxygen atoms in total. The molecule has 0 saturated heterocycles. The number of carbonyl (C=O) groups excluding carboxylic acids is 2. The van der Waals surface area contributed by atoms with Gasteiger partial charge in [0.1, 0.15) is 0 Å². The first-order valence-corrected chi connectivity index (χ1v) is 8.40. The summed E-state index contributed by atoms with van der Waals surface area (Å²) < 4.78 is 1.65. The van der Waals surface area contributed by atoms with Gasteiger partial charge < -0.3 is 16.0 Å². The number of nitrogens with zero attached hydrogens (tertiary/aromatic N) is 3. The van der Waals surface area contributed by atoms with Crippen LogP contribution in [-0.2, 0) is 11.3 Å². The third kappa shape index (κ3) is 4.69. The van der Waals surface area contributed by atoms with Crippen LogP contribution in [0, 0.1) is 6.92 Å². The van der Waals surface area contributed by atoms with Crippen molar-refractivity contribution >= 4 is 23.3 Å². The van der Waals surface area contributed by atoms with E-state index in [2.05, 4.69) is 26.0 Å². The van der Waals surface area contributed by atoms with E-state index in [0.29, 0.717) is 23.7 Å². The predicted molar refractivity (Wildman–Crippen MR) is 103 cm³/mol. The molecule has 138 valence electrons. The Bertz CT molecular complexity index is 953. The fourth-order valence-electron chi connectivity index (χ4n) is 2.54. The largest absolute Gasteiger partial charge is 0.334 e. The van der Waals surface area contributed by atoms with Crippen LogP contribution in [0.15, 0.2) is 55.0 Å². The number of aromatic nitrogens is 3. The first-order valence-electron chi connectivity index (χ1n) is 8.40. The summed E-state index contributed by atoms with van der Waals surface area (Å²) in [5.74, 6) is 0.494. The van der Waals surface area contributed by atoms with E-state index < -0.39 is 0 Å². The Morgan fingerprint density at radius 2 is 1.96 bits per heavy atom. The second kappa shape index (κ2) is 8.13. The van der Waals surface area contributed by atoms with Crippen molar-refractivity contribution in [3.05, 3.63) is 66.1 Å². The topological polar surface area (TPSA) is 101 Å². The number of aryl methyl sites for hydroxylation is 1. The van der Waals surface area contributed by atoms with E-state index in [-0.39, 0.29) is 11.9 Å². The molecule has 2 heterocycles. The van der Waals surface area contributed by atoms with Gasteiger partial charge in [0.15, 0.2) is 5.82 Å². The van der Waals surface area contributed by atoms with Crippen LogP contribution in [0.2, 0.25) is 0 Å². The summed E-state index contributed by atoms with van der Waals surface area (Å²) in [4.78, 5) is 27.8. The zero-order chi connectivity index (χ0) is 19.2. The van der Waals surface area contributed by atoms with Crippen LogP contribution in [0.4, 0.5) is 16.2 Å². The van der Waals surface area contributed by atoms with Crippen LogP contribution in [0.25, 0.3) is 5.82 Å². The monoisotopic (exact) mass is 364 g/mol. The SMILES string of the molecule is CC(=O)Nc1cc(NC(=O)NCc2cccnc2-n2cccn2)ccc1C. The van der Waals surface area contributed by atoms with Crippen molar-refractivity contribution in [1.29, 1.82) is 0 Å². The zero-order valence-electron chi connectivity index (χ0n) is 15.1. The van der Waals surface area contributed by atoms with E-state index in [4.69, 9.17) is 0 Å². The van der Waals surface area contributed by atoms with E-state index in [1.165, 1.54) is 6.92 Å². The number of benzene rings is 1. The van der Waals surface area contributed by atoms with Crippen LogP contribution in [0.3, 0.4) is 0 Å². The van der Waals surface area contributed by atoms with Crippen molar-refractivity contribution in [2.75, 3.05) is 10.6 Å². The Morgan fingerprint density at radius 1 is 1.11 bits per heavy atom. The number of nitrogens with one attached hydrogen (secondary N) is 3. The Hall–Kier alpha value is -3.68. The third-order valence-corrected chi connectivity index (χ3v) is 3.83. The summed E-state index contributed by atoms with van der Waals surface area (Å²) >= 11 is 0. The smallest absolute Gasteiger partial charge is 0.319 e. The summed E-state index contributed by atoms with van der Waals surface area (Å²) in [5.41, 5.74) is 2.99. The molecule has 0 atom stereocenters. The number of urea groups is 1. The zero-order valence-corrected chi connectivity index (χ0v) is 15.1. The molecule has 0 aliphatic rings. The predicted octanol–water partition coefficient (Wildman–Crippen LogP) is 2.86. The molecule has 3 rings (SSSR count). The normalized spacial score (nSPS) is 10.3. The fourth-order valence-corrected chi connectivity index (χ4v) is 2.54. The number of carbonyl (C=O) groups is 2. The number of pyridine rings is 1. The van der Waals surface area contributed by atoms with E-state index in [1.807, 2.05) is 31.2 Å². The highest BCUT2D eigenvalue weighted by atomic mass is 16.2. The van der Waals surface area contributed by atoms with Crippen molar-refractivity contribution in [2.45, 2.75) is 20.4 Å². The summed E-state index contributed by atoms with van der Waals surface area (Å²) in [7, 11) is 0. The van der Waals surface area contributed by atoms with E-state index in [9.17, 15) is 9.59 Å². The first-order chi connectivity index (χ1) is 13.0. The van der Waals surface area contributed by atoms with Crippen molar-refractivity contribution in [2.24, 2.45) is 0 Å². The lowest BCUT2D eigenvalue weighted by Crippen LogP contribution is -2.28. The van der Waals surface area contributed by atoms with Gasteiger partial charge in [-0.3, -0.25) is 4.79 Å². The Kier molecular flexibility index (Phi) is 5.46. The molecule has 0 aliphatic carbocycles. The summed E-state index contributed by atoms with van der Waals surface area (Å²) in [6.07, 6.45) is 5.14. The minimum absolute atomic E-state index is 0.164. The Labute approximate surface area is 156 Å². The summed E-state index contributed by atoms with van der Waals surface area (Å²) in [6, 6.07) is 10.5. The minimum atomic E-state index is -0.358. The molecule has 0 saturated carbocycles. The lowest BCUT2D eigenvalue weighted by Gasteiger charge is -2.12. The maximum atomic E-state index is 12.2. The van der Waals surface area contributed by atoms with Gasteiger partial charge in [0, 0.05) is 49.0 Å². The molecule has 1 aromatic carbocycles. The molecule has 2 aromatic heterocycles. The van der Waals surface area contributed by atoms with E-state index >= 15 is 0 Å². The molecule has 3 N–H and O–H groups in total. The van der Waals surface area contributed by atoms with Gasteiger partial charge in [0.05, 0.1) is 0 Å². The molecule has 0 spiro atoms. The highest BCUT2D eigenvalue weighted by molar-refractivity contribution is 5.93. The van der Waals surface area contributed by atoms with Crippen molar-refractivity contribution in [3.8, 4) is 5.82 Å². The number of rotatable bonds is 5. The van der Waals surface area contributed by atoms with Crippen LogP contribution in [0.1, 0.15) is 18.1 Å². The standard InChI is InChI=1S/C19H20N6O2/c1-13-6-7-16(11-17(13)23-14(2)26)24-19(27)21-12-15-5-3-8-20-18(15)25-10-4-9-22-25/h3-11H,12H2,1-2H3,(H,23,26)(H2,21,24,27). The molecule has 0 unspecified atom stereocenters. The van der Waals surface area contributed by atoms with Crippen molar-refractivity contribution in [1.82, 2.24) is 20.1 Å². The molecule has 0 radical (unpaired) electrons. The van der Waals surface area contributed by atoms with Gasteiger partial charge >= 0.3 is 6.03 Å². The average molecular weight is 364 g/mol. The highest BCUT2D eigenvalue weighted by Crippen LogP contribution is 2.20. The number of anilines is 2. The second-order valence-electron chi connectivity index (χ2n) is 5.96. The van der Waals surface area contributed by atoms with Gasteiger partial charge in [-0.1, -0.05) is 12.1 Å². The molecule has 3 amide bonds. The van der Waals surface area contributed by atoms with Gasteiger partial charge in [0.2, 0.25) is 5.91 Å². The van der Waals surface area contributed by atoms with Gasteiger partial charge in [-0.2, -0.15) is 5.10 Å². The van der Waals surface area contributed by atoms with Gasteiger partial charge in [-0.15, -0.1) is 0 Å². The quantitative estimate of drug-likeness (QED) is 0.648. The lowest BCUT2D eigenvalue weighted by atomic mass is 10.2. The minimum Gasteiger partial charge on any atom is -0.334 e. The number of hydrogen-bond acceptors (Lipinski definition) is 4. The molecule has 27 heavy (non-hydrogen) atoms. The maximum Gasteiger partial charge on any atom is 0.319 e. The second-order valence-corrected chi connectivity index (χ2v) is 5.96. The maximum absolute atomic E-state index is 12.2. The fraction of sp³-hybridized carbons (Fsp3) is 0.158. The molecule has 0 aliphatic heterocycles. The summed E-state index contributed by atoms with van der Waals surface area (Å²) in [5, 5.41) is 12.5. The molecule has 8 heteroatoms. The first kappa shape index (κ1) is 18.1. The van der Waals surface area contributed by atoms with Crippen LogP contribution in [-0.4, -0.2) is 26.7 Å². The van der Waals surface area contributed by atoms with E-state index in [0.717, 1.165) is 11.1 Å². The van der Waals surface area contributed by atoms with E-state index in [1.54, 1.807) is 35.4 Å². The van der Waals surface area contributed by atoms with Crippen LogP contribution in [0.5, 0.6) is 0 Å². The van der Waals surface area contributed by atoms with Gasteiger partial charge in [-0.25, -0.2) is 14.5 Å². The molecule has 0 fully saturated rings. The number of amides is 3. The van der Waals surface area contributed by atoms with Crippen LogP contribution >= 0.6 is 0 Å². The molecule has 3 aromatic rings. The summed E-state index contributed by atoms with van der Waals surface area (Å²) in [6.45, 7) is 3.62. The molecule has 0 bridgehead atoms. The van der Waals surface area contributed by atoms with Gasteiger partial charge in [-0.05, 0) is 36.8 Å². The van der Waals surface area contributed by atoms with Crippen molar-refractivity contribution in [3.63, 3.8) is 0 Å². The van der Waals surface area contributed by atoms with Gasteiger partial charge in [0.25, 0.3) is 0 Å². The molecular formula is C19H20N6O2. The highest BCUT2D eigenvalue weighted by Gasteiger charge is 2.09. The van der Waals surface area contributed by atoms with Crippen LogP contribution < -0.4 is 16.0 Å². The Balaban J connectivity index is 1.65. The Morgan fingerprint density at radius 3 is 2.70 bits per heavy atom. The average Bonchev–Trinajstić information content (AvgIpc) is 3.17.